The van der Waals surface area contributed by atoms with Crippen LogP contribution < -0.4 is 5.73 Å². The topological polar surface area (TPSA) is 102 Å². The van der Waals surface area contributed by atoms with Crippen molar-refractivity contribution in [2.45, 2.75) is 122 Å². The van der Waals surface area contributed by atoms with E-state index in [-0.39, 0.29) is 46.9 Å². The Hall–Kier alpha value is -0.690. The number of carboxylic acids is 1. The lowest BCUT2D eigenvalue weighted by Crippen LogP contribution is -2.66. The van der Waals surface area contributed by atoms with Gasteiger partial charge in [-0.1, -0.05) is 13.8 Å². The molecule has 0 aromatic carbocycles. The number of carbonyl (C=O) groups is 1. The first-order valence-corrected chi connectivity index (χ1v) is 13.1. The molecule has 0 amide bonds. The molecule has 0 bridgehead atoms. The number of hydrogen-bond acceptors (Lipinski definition) is 5. The maximum atomic E-state index is 12.0. The second-order valence-corrected chi connectivity index (χ2v) is 12.4. The number of aliphatic hydroxyl groups excluding tert-OH is 1. The van der Waals surface area contributed by atoms with Crippen LogP contribution in [0.15, 0.2) is 0 Å². The number of carboxylic acid groups (broad SMARTS) is 1. The van der Waals surface area contributed by atoms with E-state index < -0.39 is 5.97 Å². The van der Waals surface area contributed by atoms with Crippen LogP contribution in [0.3, 0.4) is 0 Å². The number of rotatable bonds is 3. The summed E-state index contributed by atoms with van der Waals surface area (Å²) in [4.78, 5) is 12.0. The zero-order chi connectivity index (χ0) is 22.9. The van der Waals surface area contributed by atoms with E-state index in [1.807, 2.05) is 6.92 Å². The van der Waals surface area contributed by atoms with Gasteiger partial charge in [0.05, 0.1) is 24.2 Å². The van der Waals surface area contributed by atoms with Crippen molar-refractivity contribution in [2.24, 2.45) is 40.2 Å². The van der Waals surface area contributed by atoms with Crippen molar-refractivity contribution in [3.63, 3.8) is 0 Å². The Kier molecular flexibility index (Phi) is 5.72. The molecule has 6 heteroatoms. The van der Waals surface area contributed by atoms with Crippen molar-refractivity contribution in [3.05, 3.63) is 0 Å². The summed E-state index contributed by atoms with van der Waals surface area (Å²) in [6, 6.07) is 0. The van der Waals surface area contributed by atoms with Crippen molar-refractivity contribution in [1.29, 1.82) is 0 Å². The van der Waals surface area contributed by atoms with Crippen LogP contribution in [0.4, 0.5) is 0 Å². The Labute approximate surface area is 192 Å². The van der Waals surface area contributed by atoms with Gasteiger partial charge in [0.15, 0.2) is 6.29 Å². The van der Waals surface area contributed by atoms with Crippen molar-refractivity contribution in [1.82, 2.24) is 0 Å². The average molecular weight is 450 g/mol. The fourth-order valence-corrected chi connectivity index (χ4v) is 9.06. The maximum Gasteiger partial charge on any atom is 0.307 e. The van der Waals surface area contributed by atoms with Gasteiger partial charge in [-0.2, -0.15) is 0 Å². The van der Waals surface area contributed by atoms with Gasteiger partial charge >= 0.3 is 5.97 Å². The minimum absolute atomic E-state index is 0.156. The zero-order valence-electron chi connectivity index (χ0n) is 20.1. The van der Waals surface area contributed by atoms with Crippen LogP contribution in [0, 0.1) is 34.5 Å². The number of ether oxygens (including phenoxy) is 2. The van der Waals surface area contributed by atoms with Crippen LogP contribution in [0.5, 0.6) is 0 Å². The summed E-state index contributed by atoms with van der Waals surface area (Å²) >= 11 is 0. The minimum Gasteiger partial charge on any atom is -0.481 e. The third-order valence-electron chi connectivity index (χ3n) is 11.2. The molecule has 182 valence electrons. The monoisotopic (exact) mass is 449 g/mol. The minimum atomic E-state index is -0.650. The van der Waals surface area contributed by atoms with Gasteiger partial charge in [-0.15, -0.1) is 0 Å². The number of nitrogens with two attached hydrogens (primary N) is 1. The maximum absolute atomic E-state index is 12.0. The summed E-state index contributed by atoms with van der Waals surface area (Å²) in [5.74, 6) is 0.725. The Morgan fingerprint density at radius 2 is 1.78 bits per heavy atom. The molecule has 0 spiro atoms. The van der Waals surface area contributed by atoms with Crippen LogP contribution in [0.1, 0.15) is 91.4 Å². The van der Waals surface area contributed by atoms with Gasteiger partial charge in [0, 0.05) is 12.0 Å². The van der Waals surface area contributed by atoms with Crippen molar-refractivity contribution in [3.8, 4) is 0 Å². The molecule has 4 N–H and O–H groups in total. The Morgan fingerprint density at radius 1 is 1.00 bits per heavy atom. The second kappa shape index (κ2) is 7.93. The van der Waals surface area contributed by atoms with E-state index in [1.165, 1.54) is 6.42 Å². The second-order valence-electron chi connectivity index (χ2n) is 12.4. The van der Waals surface area contributed by atoms with Gasteiger partial charge in [0.2, 0.25) is 0 Å². The van der Waals surface area contributed by atoms with E-state index in [4.69, 9.17) is 15.2 Å². The fraction of sp³-hybridized carbons (Fsp3) is 0.962. The number of hydrogen-bond donors (Lipinski definition) is 3. The first kappa shape index (κ1) is 23.1. The smallest absolute Gasteiger partial charge is 0.307 e. The molecule has 0 aromatic rings. The van der Waals surface area contributed by atoms with E-state index in [9.17, 15) is 15.0 Å². The van der Waals surface area contributed by atoms with Gasteiger partial charge in [0.1, 0.15) is 0 Å². The standard InChI is InChI=1S/C26H43NO5/c1-15-21(28)6-7-22(31-15)32-17-8-11-24(2)16(14-17)4-5-19-18(24)9-12-25(3)20(23(29)30)10-13-26(19,25)27/h15-22,28H,4-14,27H2,1-3H3,(H,29,30)/t15-,16+,17-,18-,19+,20+,21+,22+,24-,25+,26-/m0/s1. The fourth-order valence-electron chi connectivity index (χ4n) is 9.06. The third-order valence-corrected chi connectivity index (χ3v) is 11.2. The molecular formula is C26H43NO5. The molecule has 11 atom stereocenters. The predicted molar refractivity (Wildman–Crippen MR) is 121 cm³/mol. The molecule has 5 aliphatic rings. The summed E-state index contributed by atoms with van der Waals surface area (Å²) in [5, 5.41) is 19.8. The highest BCUT2D eigenvalue weighted by atomic mass is 16.7. The molecule has 1 heterocycles. The van der Waals surface area contributed by atoms with Crippen LogP contribution in [-0.2, 0) is 14.3 Å². The SMILES string of the molecule is C[C@@H]1O[C@H](O[C@H]2CC[C@@]3(C)[C@H](CC[C@@H]4[C@@H]3CC[C@]3(C)[C@@H](C(=O)O)CC[C@]43N)C2)CC[C@H]1O. The molecule has 32 heavy (non-hydrogen) atoms. The molecule has 4 aliphatic carbocycles. The highest BCUT2D eigenvalue weighted by Crippen LogP contribution is 2.68. The van der Waals surface area contributed by atoms with Gasteiger partial charge in [-0.25, -0.2) is 0 Å². The first-order chi connectivity index (χ1) is 15.1. The quantitative estimate of drug-likeness (QED) is 0.561. The molecule has 5 rings (SSSR count). The lowest BCUT2D eigenvalue weighted by molar-refractivity contribution is -0.247. The highest BCUT2D eigenvalue weighted by molar-refractivity contribution is 5.72. The predicted octanol–water partition coefficient (Wildman–Crippen LogP) is 4.08. The first-order valence-electron chi connectivity index (χ1n) is 13.1. The zero-order valence-corrected chi connectivity index (χ0v) is 20.1. The summed E-state index contributed by atoms with van der Waals surface area (Å²) in [6.07, 6.45) is 10.3. The van der Waals surface area contributed by atoms with Crippen molar-refractivity contribution < 1.29 is 24.5 Å². The summed E-state index contributed by atoms with van der Waals surface area (Å²) in [5.41, 5.74) is 6.87. The van der Waals surface area contributed by atoms with Gasteiger partial charge < -0.3 is 25.4 Å². The van der Waals surface area contributed by atoms with E-state index >= 15 is 0 Å². The van der Waals surface area contributed by atoms with Crippen LogP contribution in [0.2, 0.25) is 0 Å². The Balaban J connectivity index is 1.28. The van der Waals surface area contributed by atoms with Crippen LogP contribution in [0.25, 0.3) is 0 Å². The molecular weight excluding hydrogens is 406 g/mol. The third kappa shape index (κ3) is 3.30. The molecule has 1 saturated heterocycles. The lowest BCUT2D eigenvalue weighted by atomic mass is 9.42. The molecule has 5 fully saturated rings. The normalized spacial score (nSPS) is 55.5. The van der Waals surface area contributed by atoms with Gasteiger partial charge in [-0.3, -0.25) is 4.79 Å². The Morgan fingerprint density at radius 3 is 2.50 bits per heavy atom. The van der Waals surface area contributed by atoms with Crippen LogP contribution >= 0.6 is 0 Å². The van der Waals surface area contributed by atoms with Gasteiger partial charge in [-0.05, 0) is 99.7 Å². The summed E-state index contributed by atoms with van der Waals surface area (Å²) < 4.78 is 12.3. The molecule has 1 aliphatic heterocycles. The molecule has 6 nitrogen and oxygen atoms in total. The number of fused-ring (bicyclic) bond motifs is 5. The van der Waals surface area contributed by atoms with E-state index in [1.54, 1.807) is 0 Å². The Bertz CT molecular complexity index is 746. The molecule has 4 saturated carbocycles. The van der Waals surface area contributed by atoms with E-state index in [2.05, 4.69) is 13.8 Å². The van der Waals surface area contributed by atoms with E-state index in [0.717, 1.165) is 64.2 Å². The number of aliphatic carboxylic acids is 1. The molecule has 0 aromatic heterocycles. The average Bonchev–Trinajstić information content (AvgIpc) is 3.02. The summed E-state index contributed by atoms with van der Waals surface area (Å²) in [6.45, 7) is 6.60. The molecule has 0 unspecified atom stereocenters. The van der Waals surface area contributed by atoms with E-state index in [0.29, 0.717) is 17.8 Å². The van der Waals surface area contributed by atoms with Gasteiger partial charge in [0.25, 0.3) is 0 Å². The van der Waals surface area contributed by atoms with Crippen LogP contribution in [-0.4, -0.2) is 46.3 Å². The van der Waals surface area contributed by atoms with Crippen molar-refractivity contribution >= 4 is 5.97 Å². The molecule has 0 radical (unpaired) electrons. The largest absolute Gasteiger partial charge is 0.481 e. The lowest BCUT2D eigenvalue weighted by Gasteiger charge is -2.64. The number of aliphatic hydroxyl groups is 1. The highest BCUT2D eigenvalue weighted by Gasteiger charge is 2.67. The van der Waals surface area contributed by atoms with Crippen molar-refractivity contribution in [2.75, 3.05) is 0 Å². The summed E-state index contributed by atoms with van der Waals surface area (Å²) in [7, 11) is 0.